The molecule has 1 fully saturated rings. The van der Waals surface area contributed by atoms with Gasteiger partial charge in [-0.3, -0.25) is 9.59 Å². The summed E-state index contributed by atoms with van der Waals surface area (Å²) in [6.07, 6.45) is -0.646. The van der Waals surface area contributed by atoms with Gasteiger partial charge in [0.05, 0.1) is 47.1 Å². The van der Waals surface area contributed by atoms with Crippen molar-refractivity contribution in [3.8, 4) is 17.7 Å². The monoisotopic (exact) mass is 563 g/mol. The van der Waals surface area contributed by atoms with Crippen LogP contribution in [0.1, 0.15) is 23.2 Å². The first-order valence-corrected chi connectivity index (χ1v) is 12.6. The van der Waals surface area contributed by atoms with Gasteiger partial charge in [0, 0.05) is 25.8 Å². The molecule has 1 aliphatic rings. The molecule has 1 aromatic carbocycles. The van der Waals surface area contributed by atoms with Crippen LogP contribution in [0.5, 0.6) is 0 Å². The second-order valence-electron chi connectivity index (χ2n) is 9.54. The number of halogens is 3. The molecular weight excluding hydrogens is 539 g/mol. The fourth-order valence-corrected chi connectivity index (χ4v) is 4.97. The highest BCUT2D eigenvalue weighted by Crippen LogP contribution is 2.36. The lowest BCUT2D eigenvalue weighted by atomic mass is 10.1. The highest BCUT2D eigenvalue weighted by atomic mass is 19.4. The third kappa shape index (κ3) is 5.02. The highest BCUT2D eigenvalue weighted by molar-refractivity contribution is 5.90. The number of piperazine rings is 1. The number of benzene rings is 1. The third-order valence-electron chi connectivity index (χ3n) is 6.87. The van der Waals surface area contributed by atoms with Crippen molar-refractivity contribution in [1.82, 2.24) is 34.4 Å². The van der Waals surface area contributed by atoms with E-state index in [9.17, 15) is 28.0 Å². The summed E-state index contributed by atoms with van der Waals surface area (Å²) < 4.78 is 44.1. The number of nitriles is 1. The number of amides is 1. The van der Waals surface area contributed by atoms with Crippen molar-refractivity contribution in [2.24, 2.45) is 0 Å². The van der Waals surface area contributed by atoms with E-state index in [2.05, 4.69) is 32.8 Å². The van der Waals surface area contributed by atoms with Gasteiger partial charge in [0.15, 0.2) is 0 Å². The summed E-state index contributed by atoms with van der Waals surface area (Å²) in [6, 6.07) is 7.22. The molecule has 4 aromatic rings. The smallest absolute Gasteiger partial charge is 0.352 e. The molecule has 1 saturated heterocycles. The molecule has 1 amide bonds. The zero-order valence-electron chi connectivity index (χ0n) is 22.1. The molecule has 0 aliphatic carbocycles. The van der Waals surface area contributed by atoms with Gasteiger partial charge in [-0.2, -0.15) is 38.3 Å². The van der Waals surface area contributed by atoms with Gasteiger partial charge in [-0.1, -0.05) is 18.7 Å². The Kier molecular flexibility index (Phi) is 7.04. The molecule has 1 unspecified atom stereocenters. The van der Waals surface area contributed by atoms with Crippen molar-refractivity contribution in [2.45, 2.75) is 32.5 Å². The Morgan fingerprint density at radius 1 is 1.22 bits per heavy atom. The Morgan fingerprint density at radius 3 is 2.66 bits per heavy atom. The third-order valence-corrected chi connectivity index (χ3v) is 6.87. The fourth-order valence-electron chi connectivity index (χ4n) is 4.97. The van der Waals surface area contributed by atoms with Crippen molar-refractivity contribution in [2.75, 3.05) is 24.5 Å². The van der Waals surface area contributed by atoms with Crippen LogP contribution in [0.15, 0.2) is 54.1 Å². The molecule has 11 nitrogen and oxygen atoms in total. The molecule has 4 heterocycles. The molecule has 0 spiro atoms. The SMILES string of the molecule is C=CC(=O)N1CCN(c2nc(-n3ccc(C)n3)nc3c(=O)n(-c4cccc(C)c4C(F)(F)F)ncc23)CC1CC#N. The predicted molar refractivity (Wildman–Crippen MR) is 143 cm³/mol. The van der Waals surface area contributed by atoms with Crippen LogP contribution < -0.4 is 10.5 Å². The number of hydrogen-bond donors (Lipinski definition) is 0. The van der Waals surface area contributed by atoms with E-state index in [0.29, 0.717) is 16.9 Å². The van der Waals surface area contributed by atoms with E-state index in [1.165, 1.54) is 42.1 Å². The standard InChI is InChI=1S/C27H24F3N9O2/c1-4-21(40)37-13-12-36(15-18(37)8-10-31)24-19-14-32-39(20-7-5-6-16(2)22(20)27(28,29)30)25(41)23(19)33-26(34-24)38-11-9-17(3)35-38/h4-7,9,11,14,18H,1,8,12-13,15H2,2-3H3. The number of rotatable bonds is 5. The summed E-state index contributed by atoms with van der Waals surface area (Å²) in [5, 5.41) is 18.0. The van der Waals surface area contributed by atoms with E-state index in [-0.39, 0.29) is 53.7 Å². The Hall–Kier alpha value is -5.06. The molecule has 3 aromatic heterocycles. The van der Waals surface area contributed by atoms with E-state index >= 15 is 0 Å². The van der Waals surface area contributed by atoms with Crippen LogP contribution >= 0.6 is 0 Å². The molecule has 1 aliphatic heterocycles. The molecule has 210 valence electrons. The maximum Gasteiger partial charge on any atom is 0.418 e. The average Bonchev–Trinajstić information content (AvgIpc) is 3.38. The molecule has 41 heavy (non-hydrogen) atoms. The minimum absolute atomic E-state index is 0.0252. The van der Waals surface area contributed by atoms with Gasteiger partial charge in [0.2, 0.25) is 5.91 Å². The number of alkyl halides is 3. The van der Waals surface area contributed by atoms with Gasteiger partial charge in [-0.05, 0) is 37.6 Å². The van der Waals surface area contributed by atoms with Crippen LogP contribution in [0.25, 0.3) is 22.5 Å². The minimum atomic E-state index is -4.73. The average molecular weight is 564 g/mol. The number of nitrogens with zero attached hydrogens (tertiary/aromatic N) is 9. The van der Waals surface area contributed by atoms with Crippen LogP contribution in [0.2, 0.25) is 0 Å². The quantitative estimate of drug-likeness (QED) is 0.339. The van der Waals surface area contributed by atoms with Crippen molar-refractivity contribution in [3.05, 3.63) is 76.5 Å². The zero-order valence-corrected chi connectivity index (χ0v) is 22.1. The summed E-state index contributed by atoms with van der Waals surface area (Å²) in [6.45, 7) is 7.35. The van der Waals surface area contributed by atoms with E-state index in [1.54, 1.807) is 29.0 Å². The van der Waals surface area contributed by atoms with Crippen LogP contribution in [0.4, 0.5) is 19.0 Å². The van der Waals surface area contributed by atoms with Gasteiger partial charge in [0.25, 0.3) is 11.5 Å². The highest BCUT2D eigenvalue weighted by Gasteiger charge is 2.37. The lowest BCUT2D eigenvalue weighted by molar-refractivity contribution is -0.138. The normalized spacial score (nSPS) is 15.7. The molecule has 5 rings (SSSR count). The molecule has 0 N–H and O–H groups in total. The Morgan fingerprint density at radius 2 is 2.00 bits per heavy atom. The molecule has 14 heteroatoms. The van der Waals surface area contributed by atoms with Crippen molar-refractivity contribution < 1.29 is 18.0 Å². The minimum Gasteiger partial charge on any atom is -0.352 e. The first-order chi connectivity index (χ1) is 19.5. The van der Waals surface area contributed by atoms with E-state index in [4.69, 9.17) is 0 Å². The molecule has 0 radical (unpaired) electrons. The summed E-state index contributed by atoms with van der Waals surface area (Å²) in [7, 11) is 0. The lowest BCUT2D eigenvalue weighted by Gasteiger charge is -2.41. The second kappa shape index (κ2) is 10.5. The summed E-state index contributed by atoms with van der Waals surface area (Å²) in [5.41, 5.74) is -1.84. The number of fused-ring (bicyclic) bond motifs is 1. The van der Waals surface area contributed by atoms with E-state index in [1.807, 2.05) is 0 Å². The van der Waals surface area contributed by atoms with E-state index in [0.717, 1.165) is 0 Å². The first-order valence-electron chi connectivity index (χ1n) is 12.6. The lowest BCUT2D eigenvalue weighted by Crippen LogP contribution is -2.55. The number of anilines is 1. The Balaban J connectivity index is 1.72. The fraction of sp³-hybridized carbons (Fsp3) is 0.296. The molecular formula is C27H24F3N9O2. The maximum absolute atomic E-state index is 14.0. The summed E-state index contributed by atoms with van der Waals surface area (Å²) in [5.74, 6) is -0.00525. The van der Waals surface area contributed by atoms with Gasteiger partial charge < -0.3 is 9.80 Å². The predicted octanol–water partition coefficient (Wildman–Crippen LogP) is 3.11. The van der Waals surface area contributed by atoms with Crippen LogP contribution in [0.3, 0.4) is 0 Å². The Labute approximate surface area is 231 Å². The topological polar surface area (TPSA) is 126 Å². The van der Waals surface area contributed by atoms with Gasteiger partial charge in [0.1, 0.15) is 11.3 Å². The van der Waals surface area contributed by atoms with Crippen LogP contribution in [0, 0.1) is 25.2 Å². The number of hydrogen-bond acceptors (Lipinski definition) is 8. The molecule has 0 saturated carbocycles. The van der Waals surface area contributed by atoms with Gasteiger partial charge in [-0.25, -0.2) is 9.67 Å². The zero-order chi connectivity index (χ0) is 29.5. The van der Waals surface area contributed by atoms with Gasteiger partial charge >= 0.3 is 6.18 Å². The maximum atomic E-state index is 14.0. The number of carbonyl (C=O) groups is 1. The summed E-state index contributed by atoms with van der Waals surface area (Å²) in [4.78, 5) is 38.6. The van der Waals surface area contributed by atoms with Crippen LogP contribution in [-0.2, 0) is 11.0 Å². The van der Waals surface area contributed by atoms with Crippen molar-refractivity contribution in [3.63, 3.8) is 0 Å². The van der Waals surface area contributed by atoms with Gasteiger partial charge in [-0.15, -0.1) is 0 Å². The van der Waals surface area contributed by atoms with E-state index < -0.39 is 29.0 Å². The number of aromatic nitrogens is 6. The van der Waals surface area contributed by atoms with Crippen molar-refractivity contribution >= 4 is 22.6 Å². The first kappa shape index (κ1) is 27.5. The summed E-state index contributed by atoms with van der Waals surface area (Å²) >= 11 is 0. The number of carbonyl (C=O) groups excluding carboxylic acids is 1. The van der Waals surface area contributed by atoms with Crippen molar-refractivity contribution in [1.29, 1.82) is 5.26 Å². The van der Waals surface area contributed by atoms with Crippen LogP contribution in [-0.4, -0.2) is 66.0 Å². The second-order valence-corrected chi connectivity index (χ2v) is 9.54. The molecule has 1 atom stereocenters. The number of aryl methyl sites for hydroxylation is 2. The Bertz CT molecular complexity index is 1770. The molecule has 0 bridgehead atoms. The largest absolute Gasteiger partial charge is 0.418 e.